The number of nitrogens with one attached hydrogen (secondary N) is 7. The highest BCUT2D eigenvalue weighted by atomic mass is 16.6. The second kappa shape index (κ2) is 30.5. The van der Waals surface area contributed by atoms with Crippen molar-refractivity contribution >= 4 is 109 Å². The molecule has 0 spiro atoms. The van der Waals surface area contributed by atoms with Gasteiger partial charge in [0.15, 0.2) is 0 Å². The van der Waals surface area contributed by atoms with Gasteiger partial charge in [-0.05, 0) is 186 Å². The summed E-state index contributed by atoms with van der Waals surface area (Å²) >= 11 is 0. The third-order valence-electron chi connectivity index (χ3n) is 17.0. The third-order valence-corrected chi connectivity index (χ3v) is 17.0. The van der Waals surface area contributed by atoms with Crippen LogP contribution in [0.1, 0.15) is 147 Å². The first-order valence-electron chi connectivity index (χ1n) is 32.8. The smallest absolute Gasteiger partial charge is 0.413 e. The zero-order valence-corrected chi connectivity index (χ0v) is 55.9. The number of aryl methyl sites for hydroxylation is 3. The van der Waals surface area contributed by atoms with Crippen LogP contribution in [0.5, 0.6) is 0 Å². The Balaban J connectivity index is 0.000000168. The molecular formula is C70H86N18O8. The Morgan fingerprint density at radius 3 is 1.12 bits per heavy atom. The lowest BCUT2D eigenvalue weighted by atomic mass is 9.89. The van der Waals surface area contributed by atoms with Gasteiger partial charge in [-0.3, -0.25) is 34.1 Å². The number of hydrogen-bond donors (Lipinski definition) is 9. The van der Waals surface area contributed by atoms with E-state index in [2.05, 4.69) is 86.9 Å². The van der Waals surface area contributed by atoms with Gasteiger partial charge in [0.2, 0.25) is 0 Å². The minimum absolute atomic E-state index is 0.150. The molecule has 3 aliphatic rings. The number of carbonyl (C=O) groups is 7. The average Bonchev–Trinajstić information content (AvgIpc) is 1.76. The van der Waals surface area contributed by atoms with Gasteiger partial charge in [0.1, 0.15) is 23.1 Å². The van der Waals surface area contributed by atoms with E-state index in [0.717, 1.165) is 99.4 Å². The molecule has 7 amide bonds. The lowest BCUT2D eigenvalue weighted by Crippen LogP contribution is -2.46. The fraction of sp³-hybridized carbons (Fsp3) is 0.386. The first-order chi connectivity index (χ1) is 46.2. The number of pyridine rings is 3. The lowest BCUT2D eigenvalue weighted by molar-refractivity contribution is -0.146. The Kier molecular flexibility index (Phi) is 21.6. The van der Waals surface area contributed by atoms with Crippen LogP contribution in [0.4, 0.5) is 39.3 Å². The summed E-state index contributed by atoms with van der Waals surface area (Å²) in [7, 11) is 0. The van der Waals surface area contributed by atoms with Crippen LogP contribution in [-0.2, 0) is 33.5 Å². The number of nitrogen functional groups attached to an aromatic ring is 2. The molecule has 3 saturated heterocycles. The highest BCUT2D eigenvalue weighted by Gasteiger charge is 2.38. The first-order valence-corrected chi connectivity index (χ1v) is 32.1. The van der Waals surface area contributed by atoms with Crippen molar-refractivity contribution in [3.63, 3.8) is 0 Å². The van der Waals surface area contributed by atoms with E-state index in [1.165, 1.54) is 18.6 Å². The Bertz CT molecular complexity index is 4160. The Hall–Kier alpha value is -10.8. The molecule has 26 nitrogen and oxygen atoms in total. The quantitative estimate of drug-likeness (QED) is 0.0669. The summed E-state index contributed by atoms with van der Waals surface area (Å²) in [6, 6.07) is 22.3. The average molecular weight is 1310 g/mol. The number of ether oxygens (including phenoxy) is 1. The van der Waals surface area contributed by atoms with E-state index in [9.17, 15) is 33.6 Å². The molecule has 6 atom stereocenters. The normalized spacial score (nSPS) is 18.6. The molecule has 0 radical (unpaired) electrons. The SMILES string of the molecule is Cc1cc(NC(=O)C(=O)N2C[C@@H](C)CC[C@@H]2c2ccc3nc[nH]c3c2)cnc1N.Cc1cc(NC(=O)C(=O)N2C[C@@H](C)CC[C@@H]2c2ccc3nc[nH]c3c2)cnc1NC(=O)OC(C)(C)C.Cc1cc(NC(=O)C(=O)N2C[C@H](C)CC[C@H]2c2ccc3nc[nH]c3c2)cnc1N.[2H]CC. The van der Waals surface area contributed by atoms with Crippen LogP contribution in [-0.4, -0.2) is 126 Å². The summed E-state index contributed by atoms with van der Waals surface area (Å²) in [6.45, 7) is 20.8. The van der Waals surface area contributed by atoms with Crippen LogP contribution >= 0.6 is 0 Å². The molecule has 0 saturated carbocycles. The zero-order valence-electron chi connectivity index (χ0n) is 56.9. The number of amides is 7. The van der Waals surface area contributed by atoms with Crippen molar-refractivity contribution in [3.8, 4) is 0 Å². The molecule has 3 fully saturated rings. The first kappa shape index (κ1) is 68.1. The zero-order chi connectivity index (χ0) is 69.8. The number of nitrogens with two attached hydrogens (primary N) is 2. The number of H-pyrrole nitrogens is 3. The standard InChI is InChI=1S/C26H32N6O4.2C21H24N6O2.C2H6/c1-15-6-9-21(17-7-8-19-20(11-17)29-14-28-19)32(13-15)24(34)23(33)30-18-10-16(2)22(27-12-18)31-25(35)36-26(3,4)5;2*1-12-3-6-18(14-4-5-16-17(8-14)25-11-24-16)27(10-12)21(29)20(28)26-15-7-13(2)19(22)23-9-15;1-2/h7-8,10-12,14-15,21H,6,9,13H2,1-5H3,(H,28,29)(H,30,33)(H,27,31,35);2*4-5,7-9,11-12,18H,3,6,10H2,1-2H3,(H2,22,23)(H,24,25)(H,26,28);1-2H3/t15-,21+;2*12-,18+;/m010./s1/i;;;1D. The van der Waals surface area contributed by atoms with Gasteiger partial charge in [-0.25, -0.2) is 34.7 Å². The van der Waals surface area contributed by atoms with Crippen molar-refractivity contribution in [3.05, 3.63) is 144 Å². The molecule has 0 unspecified atom stereocenters. The number of likely N-dealkylation sites (tertiary alicyclic amines) is 3. The van der Waals surface area contributed by atoms with Crippen molar-refractivity contribution in [1.82, 2.24) is 59.6 Å². The van der Waals surface area contributed by atoms with Gasteiger partial charge < -0.3 is 61.8 Å². The number of rotatable bonds is 7. The highest BCUT2D eigenvalue weighted by Crippen LogP contribution is 2.38. The minimum Gasteiger partial charge on any atom is -0.444 e. The third kappa shape index (κ3) is 17.1. The number of hydrogen-bond acceptors (Lipinski definition) is 16. The van der Waals surface area contributed by atoms with Crippen LogP contribution in [0.3, 0.4) is 0 Å². The molecule has 3 aromatic carbocycles. The van der Waals surface area contributed by atoms with Crippen LogP contribution in [0.2, 0.25) is 0 Å². The predicted octanol–water partition coefficient (Wildman–Crippen LogP) is 11.2. The van der Waals surface area contributed by atoms with Crippen molar-refractivity contribution in [2.24, 2.45) is 17.8 Å². The number of imidazole rings is 3. The highest BCUT2D eigenvalue weighted by molar-refractivity contribution is 6.40. The van der Waals surface area contributed by atoms with E-state index in [1.807, 2.05) is 54.6 Å². The Morgan fingerprint density at radius 2 is 0.812 bits per heavy atom. The minimum atomic E-state index is -0.731. The fourth-order valence-electron chi connectivity index (χ4n) is 12.1. The largest absolute Gasteiger partial charge is 0.444 e. The van der Waals surface area contributed by atoms with Crippen LogP contribution in [0.15, 0.2) is 110 Å². The molecule has 12 rings (SSSR count). The second-order valence-electron chi connectivity index (χ2n) is 25.7. The van der Waals surface area contributed by atoms with Gasteiger partial charge in [-0.1, -0.05) is 52.8 Å². The van der Waals surface area contributed by atoms with Gasteiger partial charge >= 0.3 is 41.5 Å². The van der Waals surface area contributed by atoms with Crippen molar-refractivity contribution in [1.29, 1.82) is 0 Å². The fourth-order valence-corrected chi connectivity index (χ4v) is 12.1. The number of aromatic nitrogens is 9. The molecule has 3 aliphatic heterocycles. The maximum atomic E-state index is 13.3. The molecule has 9 heterocycles. The van der Waals surface area contributed by atoms with E-state index in [0.29, 0.717) is 78.4 Å². The number of nitrogens with zero attached hydrogens (tertiary/aromatic N) is 9. The number of aromatic amines is 3. The summed E-state index contributed by atoms with van der Waals surface area (Å²) in [5.41, 5.74) is 22.5. The molecule has 96 heavy (non-hydrogen) atoms. The molecule has 504 valence electrons. The second-order valence-corrected chi connectivity index (χ2v) is 25.7. The topological polar surface area (TPSA) is 363 Å². The molecule has 26 heteroatoms. The van der Waals surface area contributed by atoms with Gasteiger partial charge in [0.05, 0.1) is 106 Å². The van der Waals surface area contributed by atoms with Crippen LogP contribution in [0, 0.1) is 38.5 Å². The molecule has 11 N–H and O–H groups in total. The van der Waals surface area contributed by atoms with E-state index in [-0.39, 0.29) is 24.0 Å². The summed E-state index contributed by atoms with van der Waals surface area (Å²) < 4.78 is 11.5. The van der Waals surface area contributed by atoms with Crippen LogP contribution < -0.4 is 32.7 Å². The maximum Gasteiger partial charge on any atom is 0.413 e. The van der Waals surface area contributed by atoms with Crippen LogP contribution in [0.25, 0.3) is 33.1 Å². The number of anilines is 6. The molecule has 0 bridgehead atoms. The number of benzene rings is 3. The Labute approximate surface area is 558 Å². The summed E-state index contributed by atoms with van der Waals surface area (Å²) in [6.07, 6.45) is 14.0. The molecular weight excluding hydrogens is 1220 g/mol. The van der Waals surface area contributed by atoms with Gasteiger partial charge in [0, 0.05) is 21.0 Å². The molecule has 9 aromatic rings. The van der Waals surface area contributed by atoms with Crippen molar-refractivity contribution < 1.29 is 39.7 Å². The monoisotopic (exact) mass is 1310 g/mol. The predicted molar refractivity (Wildman–Crippen MR) is 370 cm³/mol. The van der Waals surface area contributed by atoms with E-state index in [1.54, 1.807) is 100 Å². The maximum absolute atomic E-state index is 13.3. The van der Waals surface area contributed by atoms with E-state index in [4.69, 9.17) is 17.6 Å². The van der Waals surface area contributed by atoms with Gasteiger partial charge in [-0.2, -0.15) is 0 Å². The van der Waals surface area contributed by atoms with Crippen molar-refractivity contribution in [2.45, 2.75) is 138 Å². The number of piperidine rings is 3. The molecule has 0 aliphatic carbocycles. The van der Waals surface area contributed by atoms with Gasteiger partial charge in [-0.15, -0.1) is 0 Å². The van der Waals surface area contributed by atoms with E-state index < -0.39 is 47.1 Å². The summed E-state index contributed by atoms with van der Waals surface area (Å²) in [5.74, 6) is -1.68. The van der Waals surface area contributed by atoms with E-state index >= 15 is 0 Å². The van der Waals surface area contributed by atoms with Gasteiger partial charge in [0.25, 0.3) is 0 Å². The lowest BCUT2D eigenvalue weighted by Gasteiger charge is -2.38. The summed E-state index contributed by atoms with van der Waals surface area (Å²) in [5, 5.41) is 10.6. The van der Waals surface area contributed by atoms with Crippen molar-refractivity contribution in [2.75, 3.05) is 52.4 Å². The number of fused-ring (bicyclic) bond motifs is 3. The molecule has 6 aromatic heterocycles. The number of carbonyl (C=O) groups excluding carboxylic acids is 7. The summed E-state index contributed by atoms with van der Waals surface area (Å²) in [4.78, 5) is 129. The Morgan fingerprint density at radius 1 is 0.490 bits per heavy atom.